The molecule has 3 saturated heterocycles. The number of carbonyl (C=O) groups excluding carboxylic acids is 5. The van der Waals surface area contributed by atoms with Gasteiger partial charge in [-0.3, -0.25) is 48.3 Å². The van der Waals surface area contributed by atoms with Crippen molar-refractivity contribution in [1.29, 1.82) is 0 Å². The van der Waals surface area contributed by atoms with E-state index in [1.54, 1.807) is 41.2 Å². The highest BCUT2D eigenvalue weighted by Gasteiger charge is 2.35. The Morgan fingerprint density at radius 3 is 1.31 bits per heavy atom. The quantitative estimate of drug-likeness (QED) is 0.0162. The Labute approximate surface area is 678 Å². The third kappa shape index (κ3) is 58.1. The number of isothiocyanates is 4. The van der Waals surface area contributed by atoms with E-state index < -0.39 is 24.0 Å². The van der Waals surface area contributed by atoms with Gasteiger partial charge in [-0.15, -0.1) is 51.1 Å². The van der Waals surface area contributed by atoms with Crippen molar-refractivity contribution in [2.45, 2.75) is 96.6 Å². The van der Waals surface area contributed by atoms with Crippen LogP contribution >= 0.6 is 110 Å². The number of nitrogens with one attached hydrogen (secondary N) is 3. The van der Waals surface area contributed by atoms with Gasteiger partial charge >= 0.3 is 23.9 Å². The van der Waals surface area contributed by atoms with Gasteiger partial charge in [0.2, 0.25) is 11.8 Å². The van der Waals surface area contributed by atoms with Crippen LogP contribution in [0.25, 0.3) is 0 Å². The molecule has 3 unspecified atom stereocenters. The van der Waals surface area contributed by atoms with Crippen LogP contribution in [0, 0.1) is 0 Å². The van der Waals surface area contributed by atoms with Gasteiger partial charge in [-0.05, 0) is 174 Å². The first-order valence-corrected chi connectivity index (χ1v) is 34.2. The lowest BCUT2D eigenvalue weighted by Crippen LogP contribution is -2.45. The molecule has 4 aromatic rings. The number of rotatable bonds is 21. The van der Waals surface area contributed by atoms with E-state index in [9.17, 15) is 33.6 Å². The van der Waals surface area contributed by atoms with Crippen LogP contribution in [-0.2, 0) is 68.8 Å². The van der Waals surface area contributed by atoms with Crippen molar-refractivity contribution in [2.24, 2.45) is 42.9 Å². The second-order valence-electron chi connectivity index (χ2n) is 22.3. The number of ether oxygens (including phenoxy) is 3. The number of carboxylic acids is 2. The van der Waals surface area contributed by atoms with Crippen LogP contribution in [0.15, 0.2) is 186 Å². The highest BCUT2D eigenvalue weighted by Crippen LogP contribution is 2.17. The lowest BCUT2D eigenvalue weighted by atomic mass is 10.1. The maximum Gasteiger partial charge on any atom is 0.322 e. The van der Waals surface area contributed by atoms with Crippen molar-refractivity contribution >= 4 is 188 Å². The molecule has 3 amide bonds. The Morgan fingerprint density at radius 1 is 0.589 bits per heavy atom. The van der Waals surface area contributed by atoms with Crippen LogP contribution < -0.4 is 43.6 Å². The third-order valence-corrected chi connectivity index (χ3v) is 13.4. The largest absolute Gasteiger partial charge is 0.497 e. The number of carbonyl (C=O) groups is 7. The van der Waals surface area contributed by atoms with Crippen molar-refractivity contribution < 1.29 is 58.0 Å². The van der Waals surface area contributed by atoms with E-state index in [-0.39, 0.29) is 84.7 Å². The fourth-order valence-electron chi connectivity index (χ4n) is 7.07. The first kappa shape index (κ1) is 109. The summed E-state index contributed by atoms with van der Waals surface area (Å²) in [5, 5.41) is 35.4. The standard InChI is InChI=1S/C13H14N2OS.C10H13NO2.C9H11NO2.C9H9NOS.C7H12N2OS.C6H8N2OS.C5H9NS.2C4H5NS.C3H7NO2.C2H5NO2.2ClH/c1-2-8-15-12(16)11(14-13(15)17)9-10-6-4-3-5-7-10;1-13-10(12)9(11)7-8-5-3-2-4-6-8;10-8(9(11)12)6-7-4-2-1-3-5-7;1-11-9-4-2-8(3-5-9)6-10-7-12;1-7(2,3)9-5(10)4-8-6(9)11;1-2-3-8-5(9)4-7-6(8)10;1-5(2,3)6-4-7;2*1-2-3-5-4-6;1-6-3(5)2-4;3-1-2(4)5;;/h2-7,11H,1,8-9H2,(H,14,17);2-6,9H,7,11H2,1H3;1-5,8H,6,10H2,(H,11,12);2-5H,6H2,1H3;4H2,1-3H3,(H,8,11);2H,1,3-4H2,(H,7,10);1-3H3;2*2H,1,3H2;2,4H2,1H3;1,3H2,(H,4,5);2*1H. The molecule has 26 nitrogen and oxygen atoms in total. The summed E-state index contributed by atoms with van der Waals surface area (Å²) in [4.78, 5) is 93.9. The van der Waals surface area contributed by atoms with Crippen molar-refractivity contribution in [3.05, 3.63) is 188 Å². The van der Waals surface area contributed by atoms with Gasteiger partial charge < -0.3 is 63.3 Å². The molecule has 107 heavy (non-hydrogen) atoms. The van der Waals surface area contributed by atoms with Gasteiger partial charge in [0.25, 0.3) is 5.91 Å². The molecule has 0 saturated carbocycles. The molecule has 3 atom stereocenters. The molecule has 3 heterocycles. The number of benzene rings is 4. The highest BCUT2D eigenvalue weighted by atomic mass is 35.5. The number of hydrogen-bond acceptors (Lipinski definition) is 25. The fraction of sp³-hybridized carbons (Fsp3) is 0.361. The lowest BCUT2D eigenvalue weighted by molar-refractivity contribution is -0.142. The number of methoxy groups -OCH3 is 3. The minimum Gasteiger partial charge on any atom is -0.497 e. The van der Waals surface area contributed by atoms with Crippen molar-refractivity contribution in [2.75, 3.05) is 73.7 Å². The summed E-state index contributed by atoms with van der Waals surface area (Å²) >= 11 is 32.3. The van der Waals surface area contributed by atoms with Crippen LogP contribution in [-0.4, -0.2) is 205 Å². The first-order chi connectivity index (χ1) is 49.7. The van der Waals surface area contributed by atoms with Gasteiger partial charge in [0, 0.05) is 25.0 Å². The Kier molecular flexibility index (Phi) is 69.2. The molecular formula is C72H100Cl2N14O12S7. The van der Waals surface area contributed by atoms with Crippen LogP contribution in [0.1, 0.15) is 63.8 Å². The second kappa shape index (κ2) is 67.8. The molecule has 4 aromatic carbocycles. The molecule has 3 fully saturated rings. The minimum atomic E-state index is -0.968. The van der Waals surface area contributed by atoms with Crippen LogP contribution in [0.2, 0.25) is 0 Å². The summed E-state index contributed by atoms with van der Waals surface area (Å²) in [5.74, 6) is -1.72. The molecular weight excluding hydrogens is 1550 g/mol. The Morgan fingerprint density at radius 2 is 1.02 bits per heavy atom. The molecule has 0 bridgehead atoms. The van der Waals surface area contributed by atoms with Gasteiger partial charge in [-0.1, -0.05) is 127 Å². The zero-order valence-electron chi connectivity index (χ0n) is 61.4. The summed E-state index contributed by atoms with van der Waals surface area (Å²) in [7, 11) is 4.28. The van der Waals surface area contributed by atoms with Crippen LogP contribution in [0.5, 0.6) is 5.75 Å². The van der Waals surface area contributed by atoms with Gasteiger partial charge in [-0.25, -0.2) is 20.0 Å². The zero-order valence-corrected chi connectivity index (χ0v) is 68.8. The fourth-order valence-corrected chi connectivity index (χ4v) is 8.56. The number of amides is 3. The van der Waals surface area contributed by atoms with Crippen molar-refractivity contribution in [3.63, 3.8) is 0 Å². The minimum absolute atomic E-state index is 0. The summed E-state index contributed by atoms with van der Waals surface area (Å²) in [6.45, 7) is 28.9. The number of thiocarbonyl (C=S) groups is 7. The van der Waals surface area contributed by atoms with E-state index in [1.807, 2.05) is 157 Å². The smallest absolute Gasteiger partial charge is 0.322 e. The maximum absolute atomic E-state index is 12.0. The summed E-state index contributed by atoms with van der Waals surface area (Å²) < 4.78 is 13.7. The van der Waals surface area contributed by atoms with Gasteiger partial charge in [0.05, 0.1) is 93.3 Å². The summed E-state index contributed by atoms with van der Waals surface area (Å²) in [5.41, 5.74) is 24.3. The summed E-state index contributed by atoms with van der Waals surface area (Å²) in [6, 6.07) is 35.0. The lowest BCUT2D eigenvalue weighted by Gasteiger charge is -2.30. The molecule has 7 rings (SSSR count). The number of halogens is 2. The van der Waals surface area contributed by atoms with E-state index in [4.69, 9.17) is 68.8 Å². The molecule has 586 valence electrons. The number of hydrogen-bond donors (Lipinski definition) is 9. The van der Waals surface area contributed by atoms with E-state index in [1.165, 1.54) is 19.1 Å². The van der Waals surface area contributed by atoms with Crippen LogP contribution in [0.4, 0.5) is 0 Å². The van der Waals surface area contributed by atoms with Gasteiger partial charge in [0.15, 0.2) is 15.3 Å². The molecule has 3 aliphatic rings. The Balaban J connectivity index is -0.000000267. The number of nitrogens with two attached hydrogens (primary N) is 4. The molecule has 0 aromatic heterocycles. The van der Waals surface area contributed by atoms with Gasteiger partial charge in [0.1, 0.15) is 23.9 Å². The van der Waals surface area contributed by atoms with E-state index in [0.29, 0.717) is 80.4 Å². The molecule has 0 radical (unpaired) electrons. The van der Waals surface area contributed by atoms with Crippen LogP contribution in [0.3, 0.4) is 0 Å². The number of carboxylic acid groups (broad SMARTS) is 2. The average molecular weight is 1650 g/mol. The first-order valence-electron chi connectivity index (χ1n) is 31.4. The number of aliphatic carboxylic acids is 2. The van der Waals surface area contributed by atoms with Gasteiger partial charge in [-0.2, -0.15) is 0 Å². The van der Waals surface area contributed by atoms with E-state index >= 15 is 0 Å². The topological polar surface area (TPSA) is 387 Å². The molecule has 35 heteroatoms. The number of nitrogens with zero attached hydrogens (tertiary/aromatic N) is 7. The monoisotopic (exact) mass is 1650 g/mol. The highest BCUT2D eigenvalue weighted by molar-refractivity contribution is 7.80. The normalized spacial score (nSPS) is 12.6. The Bertz CT molecular complexity index is 3480. The van der Waals surface area contributed by atoms with E-state index in [0.717, 1.165) is 28.0 Å². The SMILES string of the molecule is C=CCN1C(=O)C(Cc2ccccc2)NC1=S.C=CCN1C(=O)CNC1=S.C=CCN=C=S.C=CCN=C=S.CC(C)(C)N1C(=O)CNC1=S.CC(C)(C)N=C=S.COC(=O)C(N)Cc1ccccc1.COC(=O)CN.COc1ccc(CN=C=S)cc1.Cl.Cl.NC(Cc1ccccc1)C(=O)O.NCC(=O)O. The number of esters is 2. The van der Waals surface area contributed by atoms with E-state index in [2.05, 4.69) is 147 Å². The predicted octanol–water partition coefficient (Wildman–Crippen LogP) is 8.99. The molecule has 0 spiro atoms. The molecule has 0 aliphatic carbocycles. The molecule has 13 N–H and O–H groups in total. The third-order valence-electron chi connectivity index (χ3n) is 11.9. The summed E-state index contributed by atoms with van der Waals surface area (Å²) in [6.07, 6.45) is 8.23. The second-order valence-corrected chi connectivity index (χ2v) is 24.2. The number of aliphatic imine (C=N–C) groups is 4. The zero-order chi connectivity index (χ0) is 80.8. The Hall–Kier alpha value is -8.78. The average Bonchev–Trinajstić information content (AvgIpc) is 1.70. The van der Waals surface area contributed by atoms with Crippen molar-refractivity contribution in [3.8, 4) is 5.75 Å². The van der Waals surface area contributed by atoms with Crippen molar-refractivity contribution in [1.82, 2.24) is 30.7 Å². The maximum atomic E-state index is 12.0. The predicted molar refractivity (Wildman–Crippen MR) is 456 cm³/mol. The molecule has 3 aliphatic heterocycles.